The number of hydrogen-bond donors (Lipinski definition) is 2. The maximum atomic E-state index is 12.9. The lowest BCUT2D eigenvalue weighted by molar-refractivity contribution is 0.399. The van der Waals surface area contributed by atoms with Crippen LogP contribution in [-0.2, 0) is 10.2 Å². The molecule has 1 aliphatic heterocycles. The van der Waals surface area contributed by atoms with Crippen LogP contribution >= 0.6 is 0 Å². The van der Waals surface area contributed by atoms with Crippen molar-refractivity contribution in [3.05, 3.63) is 23.4 Å². The summed E-state index contributed by atoms with van der Waals surface area (Å²) in [6, 6.07) is 0. The standard InChI is InChI=1S/C7H8FN3O2S/c8-4-1-2-6-5(3-4)7(9)11-14(12,13)10-6/h2-4,10H,1H2,(H2,9,11). The van der Waals surface area contributed by atoms with Crippen LogP contribution in [-0.4, -0.2) is 20.4 Å². The Kier molecular flexibility index (Phi) is 1.84. The lowest BCUT2D eigenvalue weighted by Crippen LogP contribution is -2.36. The van der Waals surface area contributed by atoms with E-state index in [2.05, 4.69) is 9.12 Å². The zero-order chi connectivity index (χ0) is 10.3. The summed E-state index contributed by atoms with van der Waals surface area (Å²) in [5.74, 6) is -0.169. The first-order valence-corrected chi connectivity index (χ1v) is 5.37. The van der Waals surface area contributed by atoms with Crippen LogP contribution in [0.5, 0.6) is 0 Å². The van der Waals surface area contributed by atoms with Gasteiger partial charge >= 0.3 is 10.2 Å². The number of nitrogens with two attached hydrogens (primary N) is 1. The average Bonchev–Trinajstić information content (AvgIpc) is 2.05. The van der Waals surface area contributed by atoms with Crippen molar-refractivity contribution in [2.75, 3.05) is 0 Å². The second kappa shape index (κ2) is 2.81. The maximum absolute atomic E-state index is 12.9. The molecule has 0 radical (unpaired) electrons. The normalized spacial score (nSPS) is 29.2. The van der Waals surface area contributed by atoms with Crippen LogP contribution in [0.15, 0.2) is 27.8 Å². The first-order chi connectivity index (χ1) is 6.48. The van der Waals surface area contributed by atoms with Crippen LogP contribution in [0, 0.1) is 0 Å². The minimum absolute atomic E-state index is 0.147. The summed E-state index contributed by atoms with van der Waals surface area (Å²) in [5, 5.41) is 0. The zero-order valence-electron chi connectivity index (χ0n) is 7.07. The smallest absolute Gasteiger partial charge is 0.344 e. The van der Waals surface area contributed by atoms with Crippen LogP contribution in [0.2, 0.25) is 0 Å². The second-order valence-electron chi connectivity index (χ2n) is 3.00. The lowest BCUT2D eigenvalue weighted by Gasteiger charge is -2.21. The van der Waals surface area contributed by atoms with Gasteiger partial charge in [0.25, 0.3) is 0 Å². The monoisotopic (exact) mass is 217 g/mol. The van der Waals surface area contributed by atoms with Crippen LogP contribution in [0.3, 0.4) is 0 Å². The van der Waals surface area contributed by atoms with Crippen molar-refractivity contribution in [2.24, 2.45) is 10.1 Å². The number of halogens is 1. The van der Waals surface area contributed by atoms with Crippen molar-refractivity contribution < 1.29 is 12.8 Å². The van der Waals surface area contributed by atoms with E-state index in [-0.39, 0.29) is 12.3 Å². The molecule has 5 nitrogen and oxygen atoms in total. The number of amidine groups is 1. The van der Waals surface area contributed by atoms with Crippen LogP contribution in [0.1, 0.15) is 6.42 Å². The summed E-state index contributed by atoms with van der Waals surface area (Å²) >= 11 is 0. The Balaban J connectivity index is 2.53. The van der Waals surface area contributed by atoms with Crippen LogP contribution in [0.25, 0.3) is 0 Å². The Bertz CT molecular complexity index is 463. The van der Waals surface area contributed by atoms with Crippen molar-refractivity contribution in [3.8, 4) is 0 Å². The number of nitrogens with zero attached hydrogens (tertiary/aromatic N) is 1. The van der Waals surface area contributed by atoms with Gasteiger partial charge in [-0.05, 0) is 6.08 Å². The average molecular weight is 217 g/mol. The molecule has 1 heterocycles. The molecule has 2 rings (SSSR count). The highest BCUT2D eigenvalue weighted by Crippen LogP contribution is 2.23. The van der Waals surface area contributed by atoms with Gasteiger partial charge in [-0.25, -0.2) is 4.39 Å². The summed E-state index contributed by atoms with van der Waals surface area (Å²) in [6.45, 7) is 0. The van der Waals surface area contributed by atoms with Gasteiger partial charge in [0, 0.05) is 12.0 Å². The van der Waals surface area contributed by atoms with Gasteiger partial charge in [0.1, 0.15) is 12.0 Å². The molecule has 0 aromatic heterocycles. The number of hydrogen-bond acceptors (Lipinski definition) is 3. The van der Waals surface area contributed by atoms with Crippen molar-refractivity contribution in [1.29, 1.82) is 0 Å². The van der Waals surface area contributed by atoms with E-state index in [1.807, 2.05) is 0 Å². The summed E-state index contributed by atoms with van der Waals surface area (Å²) in [7, 11) is -3.74. The summed E-state index contributed by atoms with van der Waals surface area (Å²) in [5.41, 5.74) is 6.01. The topological polar surface area (TPSA) is 84.5 Å². The van der Waals surface area contributed by atoms with Crippen LogP contribution < -0.4 is 10.5 Å². The van der Waals surface area contributed by atoms with E-state index < -0.39 is 16.4 Å². The molecule has 0 bridgehead atoms. The summed E-state index contributed by atoms with van der Waals surface area (Å²) < 4.78 is 40.4. The van der Waals surface area contributed by atoms with E-state index in [0.29, 0.717) is 11.3 Å². The second-order valence-corrected chi connectivity index (χ2v) is 4.34. The van der Waals surface area contributed by atoms with E-state index in [1.54, 1.807) is 0 Å². The minimum atomic E-state index is -3.74. The molecule has 7 heteroatoms. The molecule has 2 aliphatic rings. The molecule has 0 aromatic rings. The molecule has 0 spiro atoms. The predicted molar refractivity (Wildman–Crippen MR) is 49.4 cm³/mol. The summed E-state index contributed by atoms with van der Waals surface area (Å²) in [4.78, 5) is 0. The number of rotatable bonds is 0. The van der Waals surface area contributed by atoms with E-state index in [9.17, 15) is 12.8 Å². The molecule has 0 aromatic carbocycles. The maximum Gasteiger partial charge on any atom is 0.344 e. The summed E-state index contributed by atoms with van der Waals surface area (Å²) in [6.07, 6.45) is 1.73. The number of alkyl halides is 1. The molecule has 3 N–H and O–H groups in total. The Morgan fingerprint density at radius 3 is 3.07 bits per heavy atom. The van der Waals surface area contributed by atoms with Gasteiger partial charge in [-0.2, -0.15) is 8.42 Å². The van der Waals surface area contributed by atoms with Gasteiger partial charge in [-0.1, -0.05) is 6.08 Å². The van der Waals surface area contributed by atoms with Gasteiger partial charge in [-0.3, -0.25) is 4.72 Å². The minimum Gasteiger partial charge on any atom is -0.382 e. The molecule has 1 aliphatic carbocycles. The Hall–Kier alpha value is -1.37. The van der Waals surface area contributed by atoms with Gasteiger partial charge in [0.05, 0.1) is 5.70 Å². The van der Waals surface area contributed by atoms with Gasteiger partial charge < -0.3 is 5.73 Å². The third-order valence-electron chi connectivity index (χ3n) is 1.92. The lowest BCUT2D eigenvalue weighted by atomic mass is 10.0. The fourth-order valence-electron chi connectivity index (χ4n) is 1.34. The third-order valence-corrected chi connectivity index (χ3v) is 2.83. The molecule has 76 valence electrons. The van der Waals surface area contributed by atoms with Crippen molar-refractivity contribution >= 4 is 16.0 Å². The molecule has 0 fully saturated rings. The first-order valence-electron chi connectivity index (χ1n) is 3.93. The highest BCUT2D eigenvalue weighted by atomic mass is 32.2. The van der Waals surface area contributed by atoms with Crippen molar-refractivity contribution in [2.45, 2.75) is 12.6 Å². The Labute approximate surface area is 80.4 Å². The molecule has 1 unspecified atom stereocenters. The van der Waals surface area contributed by atoms with Gasteiger partial charge in [-0.15, -0.1) is 4.40 Å². The zero-order valence-corrected chi connectivity index (χ0v) is 7.88. The van der Waals surface area contributed by atoms with E-state index in [4.69, 9.17) is 5.73 Å². The molecular weight excluding hydrogens is 209 g/mol. The largest absolute Gasteiger partial charge is 0.382 e. The van der Waals surface area contributed by atoms with Gasteiger partial charge in [0.2, 0.25) is 0 Å². The highest BCUT2D eigenvalue weighted by Gasteiger charge is 2.26. The number of allylic oxidation sites excluding steroid dienone is 2. The van der Waals surface area contributed by atoms with Crippen molar-refractivity contribution in [3.63, 3.8) is 0 Å². The molecule has 0 saturated heterocycles. The predicted octanol–water partition coefficient (Wildman–Crippen LogP) is -0.256. The Morgan fingerprint density at radius 2 is 2.36 bits per heavy atom. The van der Waals surface area contributed by atoms with E-state index in [0.717, 1.165) is 0 Å². The van der Waals surface area contributed by atoms with E-state index in [1.165, 1.54) is 12.2 Å². The molecular formula is C7H8FN3O2S. The SMILES string of the molecule is NC1=NS(=O)(=O)NC2=CCC(F)C=C21. The van der Waals surface area contributed by atoms with Crippen LogP contribution in [0.4, 0.5) is 4.39 Å². The number of nitrogens with one attached hydrogen (secondary N) is 1. The Morgan fingerprint density at radius 1 is 1.64 bits per heavy atom. The van der Waals surface area contributed by atoms with Gasteiger partial charge in [0.15, 0.2) is 0 Å². The highest BCUT2D eigenvalue weighted by molar-refractivity contribution is 7.88. The fourth-order valence-corrected chi connectivity index (χ4v) is 2.21. The molecule has 0 amide bonds. The molecule has 14 heavy (non-hydrogen) atoms. The first kappa shape index (κ1) is 9.20. The quantitative estimate of drug-likeness (QED) is 0.586. The van der Waals surface area contributed by atoms with E-state index >= 15 is 0 Å². The number of fused-ring (bicyclic) bond motifs is 1. The molecule has 1 atom stereocenters. The molecule has 0 saturated carbocycles. The third kappa shape index (κ3) is 1.50. The van der Waals surface area contributed by atoms with Crippen molar-refractivity contribution in [1.82, 2.24) is 4.72 Å². The fraction of sp³-hybridized carbons (Fsp3) is 0.286.